The Morgan fingerprint density at radius 1 is 1.42 bits per heavy atom. The van der Waals surface area contributed by atoms with Crippen molar-refractivity contribution < 1.29 is 23.1 Å². The van der Waals surface area contributed by atoms with Crippen LogP contribution in [-0.2, 0) is 17.8 Å². The van der Waals surface area contributed by atoms with E-state index < -0.39 is 29.7 Å². The number of alkyl halides is 3. The Kier molecular flexibility index (Phi) is 4.80. The molecule has 0 aromatic heterocycles. The predicted molar refractivity (Wildman–Crippen MR) is 62.3 cm³/mol. The standard InChI is InChI=1S/C11H9F3N2O2S/c12-11(13,14)19-10-7(4-15)2-1-6(3-9(17)18)8(10)5-16/h1-2H,3-4,15H2,(H,17,18). The van der Waals surface area contributed by atoms with E-state index in [-0.39, 0.29) is 28.1 Å². The topological polar surface area (TPSA) is 87.1 Å². The number of nitrogens with two attached hydrogens (primary N) is 1. The third-order valence-corrected chi connectivity index (χ3v) is 3.12. The van der Waals surface area contributed by atoms with Gasteiger partial charge < -0.3 is 10.8 Å². The minimum atomic E-state index is -4.57. The molecule has 0 bridgehead atoms. The van der Waals surface area contributed by atoms with E-state index in [0.29, 0.717) is 0 Å². The van der Waals surface area contributed by atoms with E-state index in [1.165, 1.54) is 12.1 Å². The Morgan fingerprint density at radius 2 is 2.00 bits per heavy atom. The van der Waals surface area contributed by atoms with Crippen LogP contribution in [0.5, 0.6) is 0 Å². The normalized spacial score (nSPS) is 11.1. The smallest absolute Gasteiger partial charge is 0.446 e. The third-order valence-electron chi connectivity index (χ3n) is 2.22. The first-order valence-electron chi connectivity index (χ1n) is 5.01. The van der Waals surface area contributed by atoms with Gasteiger partial charge in [0.25, 0.3) is 0 Å². The number of carboxylic acids is 1. The molecule has 19 heavy (non-hydrogen) atoms. The quantitative estimate of drug-likeness (QED) is 0.830. The van der Waals surface area contributed by atoms with E-state index in [1.807, 2.05) is 0 Å². The maximum Gasteiger partial charge on any atom is 0.446 e. The Balaban J connectivity index is 3.38. The largest absolute Gasteiger partial charge is 0.481 e. The van der Waals surface area contributed by atoms with Crippen molar-refractivity contribution in [3.05, 3.63) is 28.8 Å². The zero-order chi connectivity index (χ0) is 14.6. The molecule has 0 aliphatic heterocycles. The van der Waals surface area contributed by atoms with Gasteiger partial charge in [-0.15, -0.1) is 0 Å². The maximum atomic E-state index is 12.5. The van der Waals surface area contributed by atoms with Crippen LogP contribution in [0.1, 0.15) is 16.7 Å². The zero-order valence-electron chi connectivity index (χ0n) is 9.49. The van der Waals surface area contributed by atoms with Crippen molar-refractivity contribution in [2.75, 3.05) is 0 Å². The lowest BCUT2D eigenvalue weighted by Gasteiger charge is -2.14. The van der Waals surface area contributed by atoms with Gasteiger partial charge in [-0.1, -0.05) is 12.1 Å². The number of aliphatic carboxylic acids is 1. The molecule has 0 aliphatic carbocycles. The summed E-state index contributed by atoms with van der Waals surface area (Å²) in [5, 5.41) is 17.6. The van der Waals surface area contributed by atoms with Gasteiger partial charge in [-0.05, 0) is 22.9 Å². The molecule has 102 valence electrons. The average molecular weight is 290 g/mol. The minimum absolute atomic E-state index is 0.0407. The predicted octanol–water partition coefficient (Wildman–Crippen LogP) is 2.26. The molecule has 4 nitrogen and oxygen atoms in total. The number of nitriles is 1. The van der Waals surface area contributed by atoms with Gasteiger partial charge in [-0.2, -0.15) is 18.4 Å². The molecular weight excluding hydrogens is 281 g/mol. The molecule has 0 atom stereocenters. The molecule has 0 saturated carbocycles. The molecule has 0 unspecified atom stereocenters. The van der Waals surface area contributed by atoms with Crippen molar-refractivity contribution in [3.8, 4) is 6.07 Å². The van der Waals surface area contributed by atoms with Gasteiger partial charge in [-0.25, -0.2) is 0 Å². The summed E-state index contributed by atoms with van der Waals surface area (Å²) in [5.41, 5.74) is 0.682. The highest BCUT2D eigenvalue weighted by atomic mass is 32.2. The van der Waals surface area contributed by atoms with Crippen LogP contribution in [-0.4, -0.2) is 16.6 Å². The first kappa shape index (κ1) is 15.3. The van der Waals surface area contributed by atoms with Crippen LogP contribution in [0.2, 0.25) is 0 Å². The third kappa shape index (κ3) is 4.15. The number of benzene rings is 1. The van der Waals surface area contributed by atoms with Crippen LogP contribution in [0, 0.1) is 11.3 Å². The molecule has 1 rings (SSSR count). The number of carboxylic acid groups (broad SMARTS) is 1. The Labute approximate surface area is 111 Å². The maximum absolute atomic E-state index is 12.5. The van der Waals surface area contributed by atoms with Crippen molar-refractivity contribution >= 4 is 17.7 Å². The first-order chi connectivity index (χ1) is 8.78. The highest BCUT2D eigenvalue weighted by Gasteiger charge is 2.32. The van der Waals surface area contributed by atoms with Gasteiger partial charge in [-0.3, -0.25) is 4.79 Å². The fraction of sp³-hybridized carbons (Fsp3) is 0.273. The molecular formula is C11H9F3N2O2S. The fourth-order valence-corrected chi connectivity index (χ4v) is 2.29. The number of carbonyl (C=O) groups is 1. The number of hydrogen-bond acceptors (Lipinski definition) is 4. The first-order valence-corrected chi connectivity index (χ1v) is 5.82. The lowest BCUT2D eigenvalue weighted by Crippen LogP contribution is -2.09. The van der Waals surface area contributed by atoms with Crippen molar-refractivity contribution in [1.29, 1.82) is 5.26 Å². The molecule has 0 saturated heterocycles. The molecule has 1 aromatic rings. The number of thioether (sulfide) groups is 1. The van der Waals surface area contributed by atoms with Gasteiger partial charge in [0, 0.05) is 11.4 Å². The van der Waals surface area contributed by atoms with Gasteiger partial charge in [0.2, 0.25) is 0 Å². The molecule has 0 aliphatic rings. The number of rotatable bonds is 4. The summed E-state index contributed by atoms with van der Waals surface area (Å²) in [4.78, 5) is 10.3. The van der Waals surface area contributed by atoms with E-state index in [4.69, 9.17) is 16.1 Å². The monoisotopic (exact) mass is 290 g/mol. The van der Waals surface area contributed by atoms with E-state index in [0.717, 1.165) is 0 Å². The minimum Gasteiger partial charge on any atom is -0.481 e. The second-order valence-electron chi connectivity index (χ2n) is 3.52. The Bertz CT molecular complexity index is 538. The van der Waals surface area contributed by atoms with Crippen molar-refractivity contribution in [1.82, 2.24) is 0 Å². The van der Waals surface area contributed by atoms with E-state index >= 15 is 0 Å². The fourth-order valence-electron chi connectivity index (χ4n) is 1.49. The lowest BCUT2D eigenvalue weighted by atomic mass is 10.0. The van der Waals surface area contributed by atoms with Crippen molar-refractivity contribution in [3.63, 3.8) is 0 Å². The van der Waals surface area contributed by atoms with Crippen LogP contribution in [0.4, 0.5) is 13.2 Å². The summed E-state index contributed by atoms with van der Waals surface area (Å²) in [6, 6.07) is 4.25. The lowest BCUT2D eigenvalue weighted by molar-refractivity contribution is -0.136. The van der Waals surface area contributed by atoms with Crippen LogP contribution in [0.25, 0.3) is 0 Å². The Morgan fingerprint density at radius 3 is 2.42 bits per heavy atom. The summed E-state index contributed by atoms with van der Waals surface area (Å²) < 4.78 is 37.4. The molecule has 1 aromatic carbocycles. The SMILES string of the molecule is N#Cc1c(CC(=O)O)ccc(CN)c1SC(F)(F)F. The molecule has 0 spiro atoms. The average Bonchev–Trinajstić information content (AvgIpc) is 2.27. The van der Waals surface area contributed by atoms with E-state index in [1.54, 1.807) is 6.07 Å². The molecule has 0 heterocycles. The zero-order valence-corrected chi connectivity index (χ0v) is 10.3. The number of halogens is 3. The molecule has 3 N–H and O–H groups in total. The van der Waals surface area contributed by atoms with E-state index in [2.05, 4.69) is 0 Å². The van der Waals surface area contributed by atoms with Crippen LogP contribution in [0.3, 0.4) is 0 Å². The van der Waals surface area contributed by atoms with Gasteiger partial charge >= 0.3 is 11.5 Å². The van der Waals surface area contributed by atoms with Gasteiger partial charge in [0.1, 0.15) is 6.07 Å². The molecule has 0 fully saturated rings. The number of nitrogens with zero attached hydrogens (tertiary/aromatic N) is 1. The van der Waals surface area contributed by atoms with Gasteiger partial charge in [0.05, 0.1) is 12.0 Å². The van der Waals surface area contributed by atoms with Crippen LogP contribution >= 0.6 is 11.8 Å². The van der Waals surface area contributed by atoms with E-state index in [9.17, 15) is 18.0 Å². The Hall–Kier alpha value is -1.72. The van der Waals surface area contributed by atoms with Crippen LogP contribution < -0.4 is 5.73 Å². The second-order valence-corrected chi connectivity index (χ2v) is 4.60. The summed E-state index contributed by atoms with van der Waals surface area (Å²) in [5.74, 6) is -1.22. The van der Waals surface area contributed by atoms with Crippen LogP contribution in [0.15, 0.2) is 17.0 Å². The molecule has 8 heteroatoms. The van der Waals surface area contributed by atoms with Crippen molar-refractivity contribution in [2.45, 2.75) is 23.4 Å². The van der Waals surface area contributed by atoms with Crippen molar-refractivity contribution in [2.24, 2.45) is 5.73 Å². The highest BCUT2D eigenvalue weighted by Crippen LogP contribution is 2.41. The summed E-state index contributed by atoms with van der Waals surface area (Å²) >= 11 is -0.451. The summed E-state index contributed by atoms with van der Waals surface area (Å²) in [6.07, 6.45) is -0.515. The molecule has 0 radical (unpaired) electrons. The highest BCUT2D eigenvalue weighted by molar-refractivity contribution is 8.00. The summed E-state index contributed by atoms with van der Waals surface area (Å²) in [6.45, 7) is -0.166. The van der Waals surface area contributed by atoms with Gasteiger partial charge in [0.15, 0.2) is 0 Å². The summed E-state index contributed by atoms with van der Waals surface area (Å²) in [7, 11) is 0. The number of hydrogen-bond donors (Lipinski definition) is 2. The second kappa shape index (κ2) is 5.95. The molecule has 0 amide bonds.